The molecule has 0 bridgehead atoms. The van der Waals surface area contributed by atoms with Gasteiger partial charge in [-0.1, -0.05) is 12.2 Å². The molecule has 0 saturated heterocycles. The maximum atomic E-state index is 10.8. The summed E-state index contributed by atoms with van der Waals surface area (Å²) in [6, 6.07) is 3.56. The van der Waals surface area contributed by atoms with Gasteiger partial charge in [-0.25, -0.2) is 18.1 Å². The minimum Gasteiger partial charge on any atom is -0.389 e. The van der Waals surface area contributed by atoms with Crippen LogP contribution >= 0.6 is 12.2 Å². The van der Waals surface area contributed by atoms with Crippen molar-refractivity contribution in [2.24, 2.45) is 5.73 Å². The summed E-state index contributed by atoms with van der Waals surface area (Å²) in [6.07, 6.45) is 3.40. The molecule has 0 aliphatic carbocycles. The number of thiocarbonyl (C=S) groups is 1. The zero-order valence-corrected chi connectivity index (χ0v) is 11.6. The van der Waals surface area contributed by atoms with E-state index in [0.717, 1.165) is 6.26 Å². The van der Waals surface area contributed by atoms with E-state index in [2.05, 4.69) is 15.0 Å². The standard InChI is InChI=1S/C10H16N4O2S2/c1-18(15,16)14-6-2-5-12-9-4-3-8(7-13-9)10(11)17/h3-4,7,14H,2,5-6H2,1H3,(H2,11,17)(H,12,13). The average molecular weight is 288 g/mol. The van der Waals surface area contributed by atoms with Gasteiger partial charge < -0.3 is 11.1 Å². The lowest BCUT2D eigenvalue weighted by Gasteiger charge is -2.06. The maximum Gasteiger partial charge on any atom is 0.208 e. The van der Waals surface area contributed by atoms with Crippen molar-refractivity contribution in [1.29, 1.82) is 0 Å². The molecule has 1 rings (SSSR count). The van der Waals surface area contributed by atoms with Crippen LogP contribution in [0, 0.1) is 0 Å². The number of nitrogens with one attached hydrogen (secondary N) is 2. The lowest BCUT2D eigenvalue weighted by atomic mass is 10.3. The number of aromatic nitrogens is 1. The van der Waals surface area contributed by atoms with E-state index in [0.29, 0.717) is 35.9 Å². The lowest BCUT2D eigenvalue weighted by Crippen LogP contribution is -2.24. The number of nitrogens with zero attached hydrogens (tertiary/aromatic N) is 1. The molecule has 0 unspecified atom stereocenters. The summed E-state index contributed by atoms with van der Waals surface area (Å²) in [4.78, 5) is 4.44. The third-order valence-corrected chi connectivity index (χ3v) is 3.04. The number of hydrogen-bond donors (Lipinski definition) is 3. The second kappa shape index (κ2) is 6.62. The van der Waals surface area contributed by atoms with E-state index in [1.54, 1.807) is 18.3 Å². The largest absolute Gasteiger partial charge is 0.389 e. The van der Waals surface area contributed by atoms with Crippen LogP contribution in [0.2, 0.25) is 0 Å². The molecule has 0 fully saturated rings. The molecule has 0 amide bonds. The summed E-state index contributed by atoms with van der Waals surface area (Å²) in [5, 5.41) is 3.07. The van der Waals surface area contributed by atoms with E-state index in [1.165, 1.54) is 0 Å². The Morgan fingerprint density at radius 2 is 2.17 bits per heavy atom. The van der Waals surface area contributed by atoms with Gasteiger partial charge in [0, 0.05) is 24.8 Å². The van der Waals surface area contributed by atoms with Gasteiger partial charge in [0.15, 0.2) is 0 Å². The monoisotopic (exact) mass is 288 g/mol. The van der Waals surface area contributed by atoms with E-state index in [1.807, 2.05) is 0 Å². The Hall–Kier alpha value is -1.25. The van der Waals surface area contributed by atoms with Gasteiger partial charge in [-0.2, -0.15) is 0 Å². The molecule has 8 heteroatoms. The van der Waals surface area contributed by atoms with Crippen LogP contribution in [0.5, 0.6) is 0 Å². The van der Waals surface area contributed by atoms with Gasteiger partial charge in [-0.05, 0) is 18.6 Å². The Morgan fingerprint density at radius 3 is 2.67 bits per heavy atom. The van der Waals surface area contributed by atoms with Crippen molar-refractivity contribution in [2.75, 3.05) is 24.7 Å². The third kappa shape index (κ3) is 5.89. The Balaban J connectivity index is 2.29. The first-order valence-electron chi connectivity index (χ1n) is 5.33. The molecule has 1 aromatic rings. The smallest absolute Gasteiger partial charge is 0.208 e. The molecule has 0 spiro atoms. The number of rotatable bonds is 7. The van der Waals surface area contributed by atoms with Crippen molar-refractivity contribution in [3.05, 3.63) is 23.9 Å². The zero-order chi connectivity index (χ0) is 13.6. The van der Waals surface area contributed by atoms with Crippen LogP contribution < -0.4 is 15.8 Å². The topological polar surface area (TPSA) is 97.1 Å². The normalized spacial score (nSPS) is 11.2. The first-order valence-corrected chi connectivity index (χ1v) is 7.63. The number of anilines is 1. The molecule has 0 radical (unpaired) electrons. The number of sulfonamides is 1. The highest BCUT2D eigenvalue weighted by molar-refractivity contribution is 7.88. The van der Waals surface area contributed by atoms with Crippen LogP contribution in [-0.2, 0) is 10.0 Å². The van der Waals surface area contributed by atoms with Crippen LogP contribution in [0.1, 0.15) is 12.0 Å². The van der Waals surface area contributed by atoms with E-state index in [-0.39, 0.29) is 0 Å². The summed E-state index contributed by atoms with van der Waals surface area (Å²) in [7, 11) is -3.11. The molecular weight excluding hydrogens is 272 g/mol. The van der Waals surface area contributed by atoms with Gasteiger partial charge in [0.25, 0.3) is 0 Å². The van der Waals surface area contributed by atoms with Crippen molar-refractivity contribution in [3.8, 4) is 0 Å². The maximum absolute atomic E-state index is 10.8. The summed E-state index contributed by atoms with van der Waals surface area (Å²) < 4.78 is 24.0. The second-order valence-electron chi connectivity index (χ2n) is 3.74. The van der Waals surface area contributed by atoms with Crippen LogP contribution in [0.4, 0.5) is 5.82 Å². The Bertz CT molecular complexity index is 499. The van der Waals surface area contributed by atoms with Gasteiger partial charge in [0.2, 0.25) is 10.0 Å². The van der Waals surface area contributed by atoms with E-state index < -0.39 is 10.0 Å². The molecule has 0 atom stereocenters. The SMILES string of the molecule is CS(=O)(=O)NCCCNc1ccc(C(N)=S)cn1. The molecule has 1 heterocycles. The zero-order valence-electron chi connectivity index (χ0n) is 10.0. The fourth-order valence-corrected chi connectivity index (χ4v) is 1.84. The first kappa shape index (κ1) is 14.8. The van der Waals surface area contributed by atoms with E-state index >= 15 is 0 Å². The number of nitrogens with two attached hydrogens (primary N) is 1. The average Bonchev–Trinajstić information content (AvgIpc) is 2.27. The highest BCUT2D eigenvalue weighted by Crippen LogP contribution is 2.04. The van der Waals surface area contributed by atoms with Crippen molar-refractivity contribution in [3.63, 3.8) is 0 Å². The van der Waals surface area contributed by atoms with Crippen molar-refractivity contribution in [1.82, 2.24) is 9.71 Å². The van der Waals surface area contributed by atoms with Crippen molar-refractivity contribution < 1.29 is 8.42 Å². The first-order chi connectivity index (χ1) is 8.38. The molecule has 18 heavy (non-hydrogen) atoms. The van der Waals surface area contributed by atoms with Gasteiger partial charge in [-0.3, -0.25) is 0 Å². The second-order valence-corrected chi connectivity index (χ2v) is 6.02. The fraction of sp³-hybridized carbons (Fsp3) is 0.400. The van der Waals surface area contributed by atoms with Crippen LogP contribution in [0.15, 0.2) is 18.3 Å². The molecule has 0 saturated carbocycles. The molecule has 0 aliphatic rings. The summed E-state index contributed by atoms with van der Waals surface area (Å²) in [6.45, 7) is 1.03. The molecule has 0 aromatic carbocycles. The molecule has 0 aliphatic heterocycles. The summed E-state index contributed by atoms with van der Waals surface area (Å²) >= 11 is 4.81. The number of hydrogen-bond acceptors (Lipinski definition) is 5. The Morgan fingerprint density at radius 1 is 1.44 bits per heavy atom. The Kier molecular flexibility index (Phi) is 5.45. The highest BCUT2D eigenvalue weighted by atomic mass is 32.2. The Labute approximate surface area is 112 Å². The van der Waals surface area contributed by atoms with Gasteiger partial charge in [0.05, 0.1) is 6.26 Å². The van der Waals surface area contributed by atoms with Crippen molar-refractivity contribution >= 4 is 33.0 Å². The molecular formula is C10H16N4O2S2. The molecule has 4 N–H and O–H groups in total. The van der Waals surface area contributed by atoms with Gasteiger partial charge in [0.1, 0.15) is 10.8 Å². The molecule has 100 valence electrons. The van der Waals surface area contributed by atoms with E-state index in [4.69, 9.17) is 18.0 Å². The third-order valence-electron chi connectivity index (χ3n) is 2.07. The predicted molar refractivity (Wildman–Crippen MR) is 76.1 cm³/mol. The number of pyridine rings is 1. The van der Waals surface area contributed by atoms with Gasteiger partial charge in [-0.15, -0.1) is 0 Å². The quantitative estimate of drug-likeness (QED) is 0.485. The summed E-state index contributed by atoms with van der Waals surface area (Å²) in [5.41, 5.74) is 6.17. The van der Waals surface area contributed by atoms with Crippen molar-refractivity contribution in [2.45, 2.75) is 6.42 Å². The van der Waals surface area contributed by atoms with Crippen LogP contribution in [0.25, 0.3) is 0 Å². The highest BCUT2D eigenvalue weighted by Gasteiger charge is 2.00. The van der Waals surface area contributed by atoms with Crippen LogP contribution in [-0.4, -0.2) is 37.7 Å². The lowest BCUT2D eigenvalue weighted by molar-refractivity contribution is 0.586. The van der Waals surface area contributed by atoms with Gasteiger partial charge >= 0.3 is 0 Å². The van der Waals surface area contributed by atoms with E-state index in [9.17, 15) is 8.42 Å². The summed E-state index contributed by atoms with van der Waals surface area (Å²) in [5.74, 6) is 0.703. The predicted octanol–water partition coefficient (Wildman–Crippen LogP) is 0.0670. The minimum atomic E-state index is -3.11. The minimum absolute atomic E-state index is 0.311. The molecule has 1 aromatic heterocycles. The fourth-order valence-electron chi connectivity index (χ4n) is 1.21. The molecule has 6 nitrogen and oxygen atoms in total. The van der Waals surface area contributed by atoms with Crippen LogP contribution in [0.3, 0.4) is 0 Å².